The number of thioether (sulfide) groups is 1. The summed E-state index contributed by atoms with van der Waals surface area (Å²) in [6, 6.07) is 0. The van der Waals surface area contributed by atoms with E-state index in [4.69, 9.17) is 0 Å². The van der Waals surface area contributed by atoms with Crippen molar-refractivity contribution < 1.29 is 0 Å². The molecule has 0 N–H and O–H groups in total. The van der Waals surface area contributed by atoms with Crippen molar-refractivity contribution in [2.24, 2.45) is 17.8 Å². The van der Waals surface area contributed by atoms with Crippen molar-refractivity contribution in [2.75, 3.05) is 0 Å². The van der Waals surface area contributed by atoms with Crippen LogP contribution < -0.4 is 0 Å². The van der Waals surface area contributed by atoms with Gasteiger partial charge in [0, 0.05) is 4.91 Å². The van der Waals surface area contributed by atoms with E-state index in [1.807, 2.05) is 11.8 Å². The molecule has 1 heterocycles. The number of hydrogen-bond acceptors (Lipinski definition) is 1. The van der Waals surface area contributed by atoms with Crippen molar-refractivity contribution >= 4 is 11.8 Å². The summed E-state index contributed by atoms with van der Waals surface area (Å²) < 4.78 is 0. The lowest BCUT2D eigenvalue weighted by Crippen LogP contribution is -2.14. The van der Waals surface area contributed by atoms with E-state index in [1.165, 1.54) is 53.1 Å². The summed E-state index contributed by atoms with van der Waals surface area (Å²) in [6.07, 6.45) is 25.8. The third-order valence-corrected chi connectivity index (χ3v) is 6.41. The van der Waals surface area contributed by atoms with E-state index < -0.39 is 0 Å². The number of allylic oxidation sites excluding steroid dienone is 11. The van der Waals surface area contributed by atoms with Crippen LogP contribution >= 0.6 is 11.8 Å². The molecule has 0 aromatic rings. The molecule has 1 unspecified atom stereocenters. The van der Waals surface area contributed by atoms with Crippen LogP contribution in [0.15, 0.2) is 69.6 Å². The van der Waals surface area contributed by atoms with Crippen molar-refractivity contribution in [3.8, 4) is 0 Å². The van der Waals surface area contributed by atoms with Crippen LogP contribution in [0.25, 0.3) is 0 Å². The van der Waals surface area contributed by atoms with E-state index in [0.29, 0.717) is 11.8 Å². The van der Waals surface area contributed by atoms with Gasteiger partial charge in [-0.05, 0) is 60.5 Å². The van der Waals surface area contributed by atoms with Crippen LogP contribution in [0.1, 0.15) is 52.9 Å². The van der Waals surface area contributed by atoms with Crippen molar-refractivity contribution in [3.63, 3.8) is 0 Å². The van der Waals surface area contributed by atoms with Gasteiger partial charge >= 0.3 is 0 Å². The van der Waals surface area contributed by atoms with E-state index in [2.05, 4.69) is 69.4 Å². The molecule has 0 amide bonds. The van der Waals surface area contributed by atoms with Crippen LogP contribution in [0.4, 0.5) is 0 Å². The van der Waals surface area contributed by atoms with Gasteiger partial charge in [0.2, 0.25) is 0 Å². The van der Waals surface area contributed by atoms with Crippen LogP contribution in [0.3, 0.4) is 0 Å². The normalized spacial score (nSPS) is 34.6. The fourth-order valence-electron chi connectivity index (χ4n) is 3.90. The molecular weight excluding hydrogens is 308 g/mol. The van der Waals surface area contributed by atoms with Gasteiger partial charge in [0.05, 0.1) is 0 Å². The van der Waals surface area contributed by atoms with Gasteiger partial charge in [-0.1, -0.05) is 86.6 Å². The molecule has 1 saturated carbocycles. The second-order valence-electron chi connectivity index (χ2n) is 7.44. The Balaban J connectivity index is 1.92. The molecule has 24 heavy (non-hydrogen) atoms. The molecule has 1 heteroatoms. The van der Waals surface area contributed by atoms with Gasteiger partial charge in [-0.25, -0.2) is 0 Å². The Labute approximate surface area is 152 Å². The molecule has 0 nitrogen and oxygen atoms in total. The summed E-state index contributed by atoms with van der Waals surface area (Å²) in [4.78, 5) is 2.82. The minimum absolute atomic E-state index is 0.505. The van der Waals surface area contributed by atoms with Gasteiger partial charge in [0.15, 0.2) is 0 Å². The summed E-state index contributed by atoms with van der Waals surface area (Å²) in [5, 5.41) is 0. The molecule has 3 aliphatic rings. The first-order chi connectivity index (χ1) is 11.6. The largest absolute Gasteiger partial charge is 0.0945 e. The quantitative estimate of drug-likeness (QED) is 0.481. The molecule has 0 radical (unpaired) electrons. The summed E-state index contributed by atoms with van der Waals surface area (Å²) in [5.41, 5.74) is 2.73. The molecule has 2 aliphatic carbocycles. The summed E-state index contributed by atoms with van der Waals surface area (Å²) in [5.74, 6) is 1.93. The first-order valence-electron chi connectivity index (χ1n) is 9.46. The first-order valence-corrected chi connectivity index (χ1v) is 10.3. The number of hydrogen-bond donors (Lipinski definition) is 0. The zero-order valence-electron chi connectivity index (χ0n) is 15.3. The Morgan fingerprint density at radius 3 is 2.50 bits per heavy atom. The fraction of sp³-hybridized carbons (Fsp3) is 0.478. The average Bonchev–Trinajstić information content (AvgIpc) is 2.76. The average molecular weight is 339 g/mol. The molecule has 0 bridgehead atoms. The van der Waals surface area contributed by atoms with Crippen LogP contribution in [0.2, 0.25) is 0 Å². The molecule has 3 rings (SSSR count). The van der Waals surface area contributed by atoms with Gasteiger partial charge in [-0.2, -0.15) is 0 Å². The minimum atomic E-state index is 0.505. The lowest BCUT2D eigenvalue weighted by atomic mass is 9.79. The third-order valence-electron chi connectivity index (χ3n) is 5.38. The Hall–Kier alpha value is -1.21. The molecule has 0 spiro atoms. The van der Waals surface area contributed by atoms with E-state index in [0.717, 1.165) is 5.92 Å². The molecule has 1 fully saturated rings. The lowest BCUT2D eigenvalue weighted by molar-refractivity contribution is 0.318. The number of rotatable bonds is 1. The zero-order chi connectivity index (χ0) is 16.9. The van der Waals surface area contributed by atoms with E-state index in [9.17, 15) is 0 Å². The topological polar surface area (TPSA) is 0 Å². The molecule has 0 aromatic heterocycles. The highest BCUT2D eigenvalue weighted by Crippen LogP contribution is 2.38. The molecule has 0 saturated heterocycles. The molecule has 0 aromatic carbocycles. The van der Waals surface area contributed by atoms with Gasteiger partial charge in [0.25, 0.3) is 0 Å². The Morgan fingerprint density at radius 1 is 0.958 bits per heavy atom. The monoisotopic (exact) mass is 338 g/mol. The second kappa shape index (κ2) is 8.25. The highest BCUT2D eigenvalue weighted by molar-refractivity contribution is 8.06. The Kier molecular flexibility index (Phi) is 6.05. The second-order valence-corrected chi connectivity index (χ2v) is 8.73. The van der Waals surface area contributed by atoms with Crippen molar-refractivity contribution in [3.05, 3.63) is 69.6 Å². The van der Waals surface area contributed by atoms with E-state index in [-0.39, 0.29) is 0 Å². The Bertz CT molecular complexity index is 633. The summed E-state index contributed by atoms with van der Waals surface area (Å²) >= 11 is 1.94. The first kappa shape index (κ1) is 17.6. The summed E-state index contributed by atoms with van der Waals surface area (Å²) in [6.45, 7) is 6.77. The smallest absolute Gasteiger partial charge is 0.0190 e. The van der Waals surface area contributed by atoms with Crippen LogP contribution in [-0.2, 0) is 0 Å². The molecule has 128 valence electrons. The Morgan fingerprint density at radius 2 is 1.71 bits per heavy atom. The highest BCUT2D eigenvalue weighted by atomic mass is 32.2. The maximum atomic E-state index is 2.52. The lowest BCUT2D eigenvalue weighted by Gasteiger charge is -2.27. The van der Waals surface area contributed by atoms with Crippen LogP contribution in [0.5, 0.6) is 0 Å². The van der Waals surface area contributed by atoms with E-state index >= 15 is 0 Å². The van der Waals surface area contributed by atoms with Crippen molar-refractivity contribution in [1.82, 2.24) is 0 Å². The molecule has 2 atom stereocenters. The predicted molar refractivity (Wildman–Crippen MR) is 109 cm³/mol. The molecule has 1 aliphatic heterocycles. The highest BCUT2D eigenvalue weighted by Gasteiger charge is 2.21. The van der Waals surface area contributed by atoms with Gasteiger partial charge < -0.3 is 0 Å². The van der Waals surface area contributed by atoms with Crippen LogP contribution in [0, 0.1) is 17.8 Å². The van der Waals surface area contributed by atoms with Crippen molar-refractivity contribution in [2.45, 2.75) is 52.9 Å². The molecular formula is C23H30S. The maximum Gasteiger partial charge on any atom is 0.0190 e. The van der Waals surface area contributed by atoms with Crippen molar-refractivity contribution in [1.29, 1.82) is 0 Å². The minimum Gasteiger partial charge on any atom is -0.0945 e. The van der Waals surface area contributed by atoms with E-state index in [1.54, 1.807) is 0 Å². The van der Waals surface area contributed by atoms with Gasteiger partial charge in [0.1, 0.15) is 0 Å². The SMILES string of the molecule is C/C1=C\C(C2CCCCC2)/C=C\C=C(/C)C2=C(C=C[C@H](C)C=C2)S1. The maximum absolute atomic E-state index is 2.52. The zero-order valence-corrected chi connectivity index (χ0v) is 16.1. The predicted octanol–water partition coefficient (Wildman–Crippen LogP) is 7.35. The van der Waals surface area contributed by atoms with Gasteiger partial charge in [-0.3, -0.25) is 0 Å². The van der Waals surface area contributed by atoms with Gasteiger partial charge in [-0.15, -0.1) is 0 Å². The standard InChI is InChI=1S/C23H30S/c1-17-12-14-22-18(2)8-7-11-21(20-9-5-4-6-10-20)16-19(3)24-23(22)15-13-17/h7-8,11-17,20-21H,4-6,9-10H2,1-3H3/b11-7-,18-8+,19-16+/t17-,21?/m1/s1. The summed E-state index contributed by atoms with van der Waals surface area (Å²) in [7, 11) is 0. The van der Waals surface area contributed by atoms with Crippen LogP contribution in [-0.4, -0.2) is 0 Å². The third kappa shape index (κ3) is 4.45. The fourth-order valence-corrected chi connectivity index (χ4v) is 4.96.